The van der Waals surface area contributed by atoms with Crippen molar-refractivity contribution in [3.63, 3.8) is 0 Å². The Bertz CT molecular complexity index is 1030. The second-order valence-corrected chi connectivity index (χ2v) is 8.61. The van der Waals surface area contributed by atoms with Gasteiger partial charge in [0.2, 0.25) is 5.91 Å². The molecule has 2 aliphatic heterocycles. The zero-order valence-electron chi connectivity index (χ0n) is 16.6. The molecule has 30 heavy (non-hydrogen) atoms. The van der Waals surface area contributed by atoms with Crippen LogP contribution >= 0.6 is 11.8 Å². The van der Waals surface area contributed by atoms with Gasteiger partial charge in [0.25, 0.3) is 5.91 Å². The molecule has 2 fully saturated rings. The Morgan fingerprint density at radius 3 is 2.93 bits per heavy atom. The first kappa shape index (κ1) is 20.4. The van der Waals surface area contributed by atoms with E-state index in [1.54, 1.807) is 12.3 Å². The minimum absolute atomic E-state index is 0.173. The highest BCUT2D eigenvalue weighted by Crippen LogP contribution is 2.34. The van der Waals surface area contributed by atoms with Crippen molar-refractivity contribution in [1.29, 1.82) is 5.26 Å². The summed E-state index contributed by atoms with van der Waals surface area (Å²) in [4.78, 5) is 32.9. The van der Waals surface area contributed by atoms with Crippen LogP contribution in [0.2, 0.25) is 0 Å². The molecule has 2 aliphatic rings. The van der Waals surface area contributed by atoms with Gasteiger partial charge < -0.3 is 15.1 Å². The number of nitriles is 1. The highest BCUT2D eigenvalue weighted by atomic mass is 32.2. The fourth-order valence-corrected chi connectivity index (χ4v) is 4.82. The fraction of sp³-hybridized carbons (Fsp3) is 0.429. The van der Waals surface area contributed by atoms with Gasteiger partial charge in [-0.15, -0.1) is 11.8 Å². The zero-order chi connectivity index (χ0) is 21.3. The number of hydrogen-bond donors (Lipinski definition) is 1. The van der Waals surface area contributed by atoms with Crippen molar-refractivity contribution in [2.24, 2.45) is 0 Å². The summed E-state index contributed by atoms with van der Waals surface area (Å²) >= 11 is 1.52. The van der Waals surface area contributed by atoms with E-state index in [1.807, 2.05) is 30.0 Å². The van der Waals surface area contributed by atoms with Gasteiger partial charge in [0.1, 0.15) is 11.7 Å². The van der Waals surface area contributed by atoms with Gasteiger partial charge in [0.05, 0.1) is 42.7 Å². The molecule has 2 amide bonds. The molecule has 1 aromatic carbocycles. The number of benzene rings is 1. The maximum atomic E-state index is 14.3. The number of fused-ring (bicyclic) bond motifs is 1. The summed E-state index contributed by atoms with van der Waals surface area (Å²) in [5.41, 5.74) is 0.749. The highest BCUT2D eigenvalue weighted by Gasteiger charge is 2.41. The molecule has 3 heterocycles. The Morgan fingerprint density at radius 1 is 1.40 bits per heavy atom. The Kier molecular flexibility index (Phi) is 5.52. The second kappa shape index (κ2) is 8.11. The summed E-state index contributed by atoms with van der Waals surface area (Å²) in [6.07, 6.45) is 2.03. The number of aromatic nitrogens is 1. The maximum Gasteiger partial charge on any atom is 0.252 e. The van der Waals surface area contributed by atoms with Crippen molar-refractivity contribution in [2.75, 3.05) is 36.2 Å². The predicted octanol–water partition coefficient (Wildman–Crippen LogP) is 2.33. The minimum Gasteiger partial charge on any atom is -0.365 e. The summed E-state index contributed by atoms with van der Waals surface area (Å²) < 4.78 is 14.3. The fourth-order valence-electron chi connectivity index (χ4n) is 3.72. The molecule has 1 atom stereocenters. The lowest BCUT2D eigenvalue weighted by Crippen LogP contribution is -2.58. The van der Waals surface area contributed by atoms with E-state index in [2.05, 4.69) is 16.4 Å². The van der Waals surface area contributed by atoms with E-state index in [4.69, 9.17) is 5.26 Å². The number of nitrogens with one attached hydrogen (secondary N) is 1. The molecule has 0 spiro atoms. The molecule has 1 unspecified atom stereocenters. The molecule has 0 aliphatic carbocycles. The van der Waals surface area contributed by atoms with Gasteiger partial charge in [-0.2, -0.15) is 5.26 Å². The largest absolute Gasteiger partial charge is 0.365 e. The molecule has 1 N–H and O–H groups in total. The third kappa shape index (κ3) is 3.79. The Hall–Kier alpha value is -2.86. The summed E-state index contributed by atoms with van der Waals surface area (Å²) in [5, 5.41) is 12.4. The van der Waals surface area contributed by atoms with E-state index in [1.165, 1.54) is 16.7 Å². The average molecular weight is 428 g/mol. The first-order valence-corrected chi connectivity index (χ1v) is 11.0. The number of hydrogen-bond acceptors (Lipinski definition) is 6. The normalized spacial score (nSPS) is 20.0. The van der Waals surface area contributed by atoms with E-state index >= 15 is 0 Å². The Labute approximate surface area is 178 Å². The lowest BCUT2D eigenvalue weighted by molar-refractivity contribution is -0.129. The van der Waals surface area contributed by atoms with Crippen LogP contribution in [0.1, 0.15) is 23.7 Å². The van der Waals surface area contributed by atoms with Crippen molar-refractivity contribution in [1.82, 2.24) is 15.2 Å². The zero-order valence-corrected chi connectivity index (χ0v) is 17.4. The molecule has 2 saturated heterocycles. The van der Waals surface area contributed by atoms with Gasteiger partial charge >= 0.3 is 0 Å². The Balaban J connectivity index is 1.49. The van der Waals surface area contributed by atoms with Crippen molar-refractivity contribution in [3.8, 4) is 6.07 Å². The molecule has 2 aromatic rings. The number of alkyl halides is 1. The first-order valence-electron chi connectivity index (χ1n) is 9.82. The standard InChI is InChI=1S/C21H22FN5O2S/c1-2-21(22)11-26(12-21)14-3-4-18-17(7-14)16(5-6-24-18)20(29)25-9-19(28)27-13-30-10-15(27)8-23/h3-7,15H,2,9-13H2,1H3,(H,25,29). The van der Waals surface area contributed by atoms with Crippen LogP contribution in [0.25, 0.3) is 10.9 Å². The van der Waals surface area contributed by atoms with Crippen molar-refractivity contribution in [2.45, 2.75) is 25.1 Å². The average Bonchev–Trinajstić information content (AvgIpc) is 3.23. The van der Waals surface area contributed by atoms with Crippen LogP contribution in [0.15, 0.2) is 30.5 Å². The van der Waals surface area contributed by atoms with Gasteiger partial charge in [0, 0.05) is 23.0 Å². The van der Waals surface area contributed by atoms with Gasteiger partial charge in [-0.3, -0.25) is 14.6 Å². The molecule has 4 rings (SSSR count). The number of carbonyl (C=O) groups excluding carboxylic acids is 2. The van der Waals surface area contributed by atoms with E-state index < -0.39 is 11.7 Å². The summed E-state index contributed by atoms with van der Waals surface area (Å²) in [7, 11) is 0. The predicted molar refractivity (Wildman–Crippen MR) is 114 cm³/mol. The smallest absolute Gasteiger partial charge is 0.252 e. The minimum atomic E-state index is -1.15. The summed E-state index contributed by atoms with van der Waals surface area (Å²) in [5.74, 6) is 0.379. The molecule has 0 bridgehead atoms. The topological polar surface area (TPSA) is 89.3 Å². The van der Waals surface area contributed by atoms with Gasteiger partial charge in [-0.05, 0) is 30.7 Å². The van der Waals surface area contributed by atoms with Gasteiger partial charge in [-0.25, -0.2) is 4.39 Å². The lowest BCUT2D eigenvalue weighted by atomic mass is 9.92. The van der Waals surface area contributed by atoms with Crippen LogP contribution in [0, 0.1) is 11.3 Å². The third-order valence-corrected chi connectivity index (χ3v) is 6.68. The molecule has 0 saturated carbocycles. The number of nitrogens with zero attached hydrogens (tertiary/aromatic N) is 4. The summed E-state index contributed by atoms with van der Waals surface area (Å²) in [6.45, 7) is 2.33. The Morgan fingerprint density at radius 2 is 2.20 bits per heavy atom. The number of amides is 2. The lowest BCUT2D eigenvalue weighted by Gasteiger charge is -2.45. The number of rotatable bonds is 5. The van der Waals surface area contributed by atoms with Crippen LogP contribution in [-0.4, -0.2) is 64.7 Å². The van der Waals surface area contributed by atoms with Crippen molar-refractivity contribution >= 4 is 40.2 Å². The van der Waals surface area contributed by atoms with Crippen molar-refractivity contribution in [3.05, 3.63) is 36.0 Å². The monoisotopic (exact) mass is 427 g/mol. The first-order chi connectivity index (χ1) is 14.4. The van der Waals surface area contributed by atoms with Crippen LogP contribution in [0.4, 0.5) is 10.1 Å². The van der Waals surface area contributed by atoms with E-state index in [0.717, 1.165) is 5.69 Å². The van der Waals surface area contributed by atoms with Gasteiger partial charge in [-0.1, -0.05) is 6.92 Å². The van der Waals surface area contributed by atoms with Gasteiger partial charge in [0.15, 0.2) is 0 Å². The third-order valence-electron chi connectivity index (χ3n) is 5.67. The molecule has 0 radical (unpaired) electrons. The molecule has 156 valence electrons. The molecular formula is C21H22FN5O2S. The van der Waals surface area contributed by atoms with Crippen LogP contribution in [0.5, 0.6) is 0 Å². The van der Waals surface area contributed by atoms with E-state index in [0.29, 0.717) is 47.6 Å². The number of pyridine rings is 1. The number of halogens is 1. The van der Waals surface area contributed by atoms with Crippen LogP contribution < -0.4 is 10.2 Å². The molecule has 9 heteroatoms. The maximum absolute atomic E-state index is 14.3. The quantitative estimate of drug-likeness (QED) is 0.788. The number of thioether (sulfide) groups is 1. The molecular weight excluding hydrogens is 405 g/mol. The van der Waals surface area contributed by atoms with Crippen molar-refractivity contribution < 1.29 is 14.0 Å². The SMILES string of the molecule is CCC1(F)CN(c2ccc3nccc(C(=O)NCC(=O)N4CSCC4C#N)c3c2)C1. The number of carbonyl (C=O) groups is 2. The molecule has 1 aromatic heterocycles. The summed E-state index contributed by atoms with van der Waals surface area (Å²) in [6, 6.07) is 8.80. The highest BCUT2D eigenvalue weighted by molar-refractivity contribution is 7.99. The second-order valence-electron chi connectivity index (χ2n) is 7.61. The van der Waals surface area contributed by atoms with Crippen LogP contribution in [-0.2, 0) is 4.79 Å². The molecule has 7 nitrogen and oxygen atoms in total. The number of anilines is 1. The van der Waals surface area contributed by atoms with E-state index in [-0.39, 0.29) is 18.4 Å². The van der Waals surface area contributed by atoms with Crippen LogP contribution in [0.3, 0.4) is 0 Å². The van der Waals surface area contributed by atoms with E-state index in [9.17, 15) is 14.0 Å².